The third-order valence-corrected chi connectivity index (χ3v) is 4.36. The normalized spacial score (nSPS) is 17.9. The lowest BCUT2D eigenvalue weighted by atomic mass is 9.84. The van der Waals surface area contributed by atoms with Crippen molar-refractivity contribution in [1.29, 1.82) is 0 Å². The first-order valence-electron chi connectivity index (χ1n) is 7.68. The van der Waals surface area contributed by atoms with Gasteiger partial charge in [0, 0.05) is 12.6 Å². The summed E-state index contributed by atoms with van der Waals surface area (Å²) in [6, 6.07) is 8.44. The fourth-order valence-corrected chi connectivity index (χ4v) is 3.03. The fourth-order valence-electron chi connectivity index (χ4n) is 3.03. The van der Waals surface area contributed by atoms with Crippen molar-refractivity contribution < 1.29 is 9.90 Å². The Balaban J connectivity index is 1.79. The minimum absolute atomic E-state index is 0.103. The van der Waals surface area contributed by atoms with E-state index in [1.165, 1.54) is 37.7 Å². The van der Waals surface area contributed by atoms with Crippen LogP contribution >= 0.6 is 0 Å². The van der Waals surface area contributed by atoms with Crippen LogP contribution in [0.25, 0.3) is 0 Å². The number of aliphatic carboxylic acids is 1. The van der Waals surface area contributed by atoms with Crippen LogP contribution in [0.1, 0.15) is 50.2 Å². The van der Waals surface area contributed by atoms with Crippen LogP contribution in [0, 0.1) is 5.92 Å². The highest BCUT2D eigenvalue weighted by Gasteiger charge is 2.19. The van der Waals surface area contributed by atoms with E-state index in [0.29, 0.717) is 6.04 Å². The van der Waals surface area contributed by atoms with Gasteiger partial charge in [-0.3, -0.25) is 4.79 Å². The van der Waals surface area contributed by atoms with Crippen LogP contribution in [0.4, 0.5) is 0 Å². The average Bonchev–Trinajstić information content (AvgIpc) is 2.46. The molecule has 110 valence electrons. The number of carboxylic acid groups (broad SMARTS) is 1. The molecule has 0 amide bonds. The Hall–Kier alpha value is -1.35. The molecule has 3 heteroatoms. The number of hydrogen-bond acceptors (Lipinski definition) is 2. The van der Waals surface area contributed by atoms with Crippen LogP contribution in [0.2, 0.25) is 0 Å². The van der Waals surface area contributed by atoms with Crippen LogP contribution in [0.3, 0.4) is 0 Å². The Morgan fingerprint density at radius 1 is 1.20 bits per heavy atom. The van der Waals surface area contributed by atoms with E-state index >= 15 is 0 Å². The third-order valence-electron chi connectivity index (χ3n) is 4.36. The highest BCUT2D eigenvalue weighted by molar-refractivity contribution is 5.70. The first kappa shape index (κ1) is 15.0. The lowest BCUT2D eigenvalue weighted by molar-refractivity contribution is -0.136. The summed E-state index contributed by atoms with van der Waals surface area (Å²) >= 11 is 0. The molecule has 2 N–H and O–H groups in total. The summed E-state index contributed by atoms with van der Waals surface area (Å²) < 4.78 is 0. The van der Waals surface area contributed by atoms with Crippen LogP contribution in [-0.2, 0) is 17.8 Å². The Morgan fingerprint density at radius 3 is 2.40 bits per heavy atom. The molecule has 20 heavy (non-hydrogen) atoms. The summed E-state index contributed by atoms with van der Waals surface area (Å²) in [5, 5.41) is 12.4. The zero-order valence-electron chi connectivity index (χ0n) is 12.3. The molecule has 0 saturated heterocycles. The van der Waals surface area contributed by atoms with Gasteiger partial charge < -0.3 is 10.4 Å². The highest BCUT2D eigenvalue weighted by Crippen LogP contribution is 2.26. The van der Waals surface area contributed by atoms with Gasteiger partial charge in [-0.1, -0.05) is 43.5 Å². The minimum atomic E-state index is -0.776. The molecule has 1 fully saturated rings. The predicted octanol–water partition coefficient (Wildman–Crippen LogP) is 3.37. The van der Waals surface area contributed by atoms with Gasteiger partial charge in [0.2, 0.25) is 0 Å². The van der Waals surface area contributed by atoms with Crippen molar-refractivity contribution in [2.24, 2.45) is 5.92 Å². The highest BCUT2D eigenvalue weighted by atomic mass is 16.4. The number of hydrogen-bond donors (Lipinski definition) is 2. The van der Waals surface area contributed by atoms with Crippen LogP contribution in [0.15, 0.2) is 24.3 Å². The number of benzene rings is 1. The quantitative estimate of drug-likeness (QED) is 0.837. The summed E-state index contributed by atoms with van der Waals surface area (Å²) in [5.41, 5.74) is 2.09. The molecule has 0 unspecified atom stereocenters. The molecule has 2 rings (SSSR count). The summed E-state index contributed by atoms with van der Waals surface area (Å²) in [6.45, 7) is 3.15. The maximum absolute atomic E-state index is 10.6. The largest absolute Gasteiger partial charge is 0.481 e. The molecule has 1 aliphatic carbocycles. The fraction of sp³-hybridized carbons (Fsp3) is 0.588. The maximum Gasteiger partial charge on any atom is 0.307 e. The van der Waals surface area contributed by atoms with Crippen molar-refractivity contribution in [2.45, 2.75) is 58.0 Å². The van der Waals surface area contributed by atoms with Gasteiger partial charge in [0.15, 0.2) is 0 Å². The zero-order valence-corrected chi connectivity index (χ0v) is 12.3. The van der Waals surface area contributed by atoms with E-state index in [-0.39, 0.29) is 6.42 Å². The Labute approximate surface area is 121 Å². The van der Waals surface area contributed by atoms with E-state index in [0.717, 1.165) is 18.0 Å². The van der Waals surface area contributed by atoms with Crippen LogP contribution in [-0.4, -0.2) is 17.1 Å². The van der Waals surface area contributed by atoms with E-state index in [9.17, 15) is 4.79 Å². The van der Waals surface area contributed by atoms with Gasteiger partial charge in [-0.25, -0.2) is 0 Å². The molecule has 3 nitrogen and oxygen atoms in total. The molecular formula is C17H25NO2. The van der Waals surface area contributed by atoms with Crippen molar-refractivity contribution in [3.8, 4) is 0 Å². The molecule has 0 bridgehead atoms. The summed E-state index contributed by atoms with van der Waals surface area (Å²) in [7, 11) is 0. The van der Waals surface area contributed by atoms with E-state index in [1.807, 2.05) is 24.3 Å². The average molecular weight is 275 g/mol. The van der Waals surface area contributed by atoms with Gasteiger partial charge in [-0.2, -0.15) is 0 Å². The lowest BCUT2D eigenvalue weighted by Crippen LogP contribution is -2.34. The van der Waals surface area contributed by atoms with Gasteiger partial charge in [-0.05, 0) is 36.8 Å². The molecule has 0 spiro atoms. The number of rotatable bonds is 6. The molecule has 0 aromatic heterocycles. The first-order valence-corrected chi connectivity index (χ1v) is 7.68. The second-order valence-electron chi connectivity index (χ2n) is 5.95. The molecule has 1 atom stereocenters. The summed E-state index contributed by atoms with van der Waals surface area (Å²) in [4.78, 5) is 10.6. The second-order valence-corrected chi connectivity index (χ2v) is 5.95. The third kappa shape index (κ3) is 4.64. The van der Waals surface area contributed by atoms with Crippen molar-refractivity contribution >= 4 is 5.97 Å². The maximum atomic E-state index is 10.6. The van der Waals surface area contributed by atoms with Gasteiger partial charge in [0.25, 0.3) is 0 Å². The Kier molecular flexibility index (Phi) is 5.60. The second kappa shape index (κ2) is 7.44. The SMILES string of the molecule is C[C@@H](NCc1ccc(CC(=O)O)cc1)C1CCCCC1. The molecule has 1 aromatic carbocycles. The number of carbonyl (C=O) groups is 1. The number of nitrogens with one attached hydrogen (secondary N) is 1. The Bertz CT molecular complexity index is 421. The van der Waals surface area contributed by atoms with Gasteiger partial charge in [-0.15, -0.1) is 0 Å². The van der Waals surface area contributed by atoms with Gasteiger partial charge >= 0.3 is 5.97 Å². The predicted molar refractivity (Wildman–Crippen MR) is 80.7 cm³/mol. The van der Waals surface area contributed by atoms with E-state index in [4.69, 9.17) is 5.11 Å². The summed E-state index contributed by atoms with van der Waals surface area (Å²) in [6.07, 6.45) is 6.96. The first-order chi connectivity index (χ1) is 9.65. The minimum Gasteiger partial charge on any atom is -0.481 e. The zero-order chi connectivity index (χ0) is 14.4. The molecule has 1 saturated carbocycles. The molecule has 1 aliphatic rings. The summed E-state index contributed by atoms with van der Waals surface area (Å²) in [5.74, 6) is 0.0387. The van der Waals surface area contributed by atoms with Gasteiger partial charge in [0.1, 0.15) is 0 Å². The standard InChI is InChI=1S/C17H25NO2/c1-13(16-5-3-2-4-6-16)18-12-15-9-7-14(8-10-15)11-17(19)20/h7-10,13,16,18H,2-6,11-12H2,1H3,(H,19,20)/t13-/m1/s1. The van der Waals surface area contributed by atoms with E-state index in [1.54, 1.807) is 0 Å². The van der Waals surface area contributed by atoms with Crippen LogP contribution < -0.4 is 5.32 Å². The van der Waals surface area contributed by atoms with E-state index in [2.05, 4.69) is 12.2 Å². The lowest BCUT2D eigenvalue weighted by Gasteiger charge is -2.28. The van der Waals surface area contributed by atoms with Crippen molar-refractivity contribution in [3.63, 3.8) is 0 Å². The molecule has 0 aliphatic heterocycles. The smallest absolute Gasteiger partial charge is 0.307 e. The molecule has 1 aromatic rings. The monoisotopic (exact) mass is 275 g/mol. The van der Waals surface area contributed by atoms with Crippen molar-refractivity contribution in [2.75, 3.05) is 0 Å². The van der Waals surface area contributed by atoms with Crippen molar-refractivity contribution in [3.05, 3.63) is 35.4 Å². The molecule has 0 radical (unpaired) electrons. The molecule has 0 heterocycles. The van der Waals surface area contributed by atoms with Crippen LogP contribution in [0.5, 0.6) is 0 Å². The Morgan fingerprint density at radius 2 is 1.80 bits per heavy atom. The van der Waals surface area contributed by atoms with E-state index < -0.39 is 5.97 Å². The van der Waals surface area contributed by atoms with Gasteiger partial charge in [0.05, 0.1) is 6.42 Å². The topological polar surface area (TPSA) is 49.3 Å². The van der Waals surface area contributed by atoms with Crippen molar-refractivity contribution in [1.82, 2.24) is 5.32 Å². The molecular weight excluding hydrogens is 250 g/mol. The number of carboxylic acids is 1.